The first kappa shape index (κ1) is 16.2. The van der Waals surface area contributed by atoms with Crippen LogP contribution in [0.25, 0.3) is 0 Å². The maximum absolute atomic E-state index is 13.1. The summed E-state index contributed by atoms with van der Waals surface area (Å²) >= 11 is 0. The lowest BCUT2D eigenvalue weighted by Crippen LogP contribution is -2.16. The van der Waals surface area contributed by atoms with Crippen molar-refractivity contribution in [3.8, 4) is 5.75 Å². The third-order valence-corrected chi connectivity index (χ3v) is 2.73. The molecule has 1 heterocycles. The molecule has 0 aliphatic heterocycles. The summed E-state index contributed by atoms with van der Waals surface area (Å²) in [5, 5.41) is 25.3. The van der Waals surface area contributed by atoms with Crippen molar-refractivity contribution in [2.24, 2.45) is 0 Å². The predicted octanol–water partition coefficient (Wildman–Crippen LogP) is 2.87. The van der Waals surface area contributed by atoms with Crippen molar-refractivity contribution in [1.29, 1.82) is 0 Å². The van der Waals surface area contributed by atoms with Gasteiger partial charge < -0.3 is 4.84 Å². The molecule has 0 amide bonds. The van der Waals surface area contributed by atoms with Crippen LogP contribution < -0.4 is 4.84 Å². The standard InChI is InChI=1S/C11H7F3N4O5/c1-6-2-3-15-16(6)23-10-8(11(12,13)14)4-7(17(19)20)5-9(10)18(21)22/h2-5H,1H3. The van der Waals surface area contributed by atoms with Gasteiger partial charge in [-0.2, -0.15) is 13.2 Å². The molecule has 0 saturated heterocycles. The largest absolute Gasteiger partial charge is 0.420 e. The fraction of sp³-hybridized carbons (Fsp3) is 0.182. The van der Waals surface area contributed by atoms with Crippen LogP contribution in [0, 0.1) is 27.2 Å². The molecule has 0 radical (unpaired) electrons. The first-order chi connectivity index (χ1) is 10.6. The van der Waals surface area contributed by atoms with Gasteiger partial charge in [-0.05, 0) is 13.0 Å². The Balaban J connectivity index is 2.73. The third kappa shape index (κ3) is 3.20. The Kier molecular flexibility index (Phi) is 3.91. The number of halogens is 3. The van der Waals surface area contributed by atoms with E-state index in [1.54, 1.807) is 0 Å². The van der Waals surface area contributed by atoms with Gasteiger partial charge in [0.1, 0.15) is 5.56 Å². The number of nitrogens with zero attached hydrogens (tertiary/aromatic N) is 4. The average molecular weight is 332 g/mol. The predicted molar refractivity (Wildman–Crippen MR) is 67.7 cm³/mol. The summed E-state index contributed by atoms with van der Waals surface area (Å²) in [6.07, 6.45) is -3.90. The van der Waals surface area contributed by atoms with E-state index in [-0.39, 0.29) is 11.8 Å². The second kappa shape index (κ2) is 5.55. The van der Waals surface area contributed by atoms with Crippen molar-refractivity contribution in [2.75, 3.05) is 0 Å². The zero-order valence-corrected chi connectivity index (χ0v) is 11.3. The van der Waals surface area contributed by atoms with Gasteiger partial charge in [-0.15, -0.1) is 5.10 Å². The monoisotopic (exact) mass is 332 g/mol. The van der Waals surface area contributed by atoms with Gasteiger partial charge in [-0.25, -0.2) is 0 Å². The minimum Gasteiger partial charge on any atom is -0.350 e. The lowest BCUT2D eigenvalue weighted by molar-refractivity contribution is -0.395. The molecule has 23 heavy (non-hydrogen) atoms. The van der Waals surface area contributed by atoms with Gasteiger partial charge >= 0.3 is 11.9 Å². The number of non-ortho nitro benzene ring substituents is 1. The normalized spacial score (nSPS) is 11.3. The zero-order valence-electron chi connectivity index (χ0n) is 11.3. The molecule has 2 rings (SSSR count). The highest BCUT2D eigenvalue weighted by Gasteiger charge is 2.41. The lowest BCUT2D eigenvalue weighted by atomic mass is 10.1. The average Bonchev–Trinajstić information content (AvgIpc) is 2.82. The molecule has 9 nitrogen and oxygen atoms in total. The van der Waals surface area contributed by atoms with Gasteiger partial charge in [0.05, 0.1) is 27.8 Å². The van der Waals surface area contributed by atoms with Crippen molar-refractivity contribution >= 4 is 11.4 Å². The fourth-order valence-electron chi connectivity index (χ4n) is 1.68. The number of nitro groups is 2. The zero-order chi connectivity index (χ0) is 17.4. The second-order valence-electron chi connectivity index (χ2n) is 4.29. The molecule has 0 saturated carbocycles. The highest BCUT2D eigenvalue weighted by molar-refractivity contribution is 5.59. The summed E-state index contributed by atoms with van der Waals surface area (Å²) in [5.41, 5.74) is -3.64. The topological polar surface area (TPSA) is 113 Å². The molecule has 0 spiro atoms. The second-order valence-corrected chi connectivity index (χ2v) is 4.29. The first-order valence-electron chi connectivity index (χ1n) is 5.84. The number of aromatic nitrogens is 2. The summed E-state index contributed by atoms with van der Waals surface area (Å²) in [4.78, 5) is 24.8. The SMILES string of the molecule is Cc1ccnn1Oc1c([N+](=O)[O-])cc([N+](=O)[O-])cc1C(F)(F)F. The number of nitro benzene ring substituents is 2. The molecular weight excluding hydrogens is 325 g/mol. The van der Waals surface area contributed by atoms with Gasteiger partial charge in [0.2, 0.25) is 5.75 Å². The van der Waals surface area contributed by atoms with E-state index >= 15 is 0 Å². The third-order valence-electron chi connectivity index (χ3n) is 2.73. The summed E-state index contributed by atoms with van der Waals surface area (Å²) in [6.45, 7) is 1.44. The van der Waals surface area contributed by atoms with E-state index in [1.807, 2.05) is 0 Å². The van der Waals surface area contributed by atoms with E-state index in [4.69, 9.17) is 4.84 Å². The Labute approximate surface area is 125 Å². The van der Waals surface area contributed by atoms with Crippen molar-refractivity contribution in [3.63, 3.8) is 0 Å². The molecule has 0 aliphatic carbocycles. The van der Waals surface area contributed by atoms with Crippen molar-refractivity contribution in [3.05, 3.63) is 55.9 Å². The van der Waals surface area contributed by atoms with Gasteiger partial charge in [-0.1, -0.05) is 4.85 Å². The minimum atomic E-state index is -5.10. The van der Waals surface area contributed by atoms with Crippen LogP contribution in [0.5, 0.6) is 5.75 Å². The van der Waals surface area contributed by atoms with Gasteiger partial charge in [0.15, 0.2) is 0 Å². The van der Waals surface area contributed by atoms with Crippen LogP contribution >= 0.6 is 0 Å². The Morgan fingerprint density at radius 2 is 1.87 bits per heavy atom. The molecule has 0 N–H and O–H groups in total. The van der Waals surface area contributed by atoms with E-state index < -0.39 is 38.7 Å². The van der Waals surface area contributed by atoms with E-state index in [1.165, 1.54) is 19.2 Å². The first-order valence-corrected chi connectivity index (χ1v) is 5.84. The van der Waals surface area contributed by atoms with Crippen LogP contribution in [-0.2, 0) is 6.18 Å². The molecule has 0 fully saturated rings. The molecule has 1 aromatic heterocycles. The fourth-order valence-corrected chi connectivity index (χ4v) is 1.68. The van der Waals surface area contributed by atoms with Crippen LogP contribution in [0.3, 0.4) is 0 Å². The molecule has 0 aliphatic rings. The van der Waals surface area contributed by atoms with Crippen LogP contribution in [0.2, 0.25) is 0 Å². The number of rotatable bonds is 4. The Hall–Kier alpha value is -3.18. The van der Waals surface area contributed by atoms with E-state index in [9.17, 15) is 33.4 Å². The van der Waals surface area contributed by atoms with E-state index in [0.717, 1.165) is 0 Å². The van der Waals surface area contributed by atoms with Crippen LogP contribution in [-0.4, -0.2) is 19.8 Å². The number of benzene rings is 1. The Morgan fingerprint density at radius 3 is 2.30 bits per heavy atom. The molecule has 0 atom stereocenters. The maximum atomic E-state index is 13.1. The Bertz CT molecular complexity index is 786. The minimum absolute atomic E-state index is 0.168. The highest BCUT2D eigenvalue weighted by Crippen LogP contribution is 2.44. The van der Waals surface area contributed by atoms with Crippen molar-refractivity contribution in [2.45, 2.75) is 13.1 Å². The lowest BCUT2D eigenvalue weighted by Gasteiger charge is -2.13. The molecule has 2 aromatic rings. The number of hydrogen-bond acceptors (Lipinski definition) is 6. The number of hydrogen-bond donors (Lipinski definition) is 0. The summed E-state index contributed by atoms with van der Waals surface area (Å²) in [7, 11) is 0. The van der Waals surface area contributed by atoms with E-state index in [0.29, 0.717) is 10.9 Å². The molecule has 0 bridgehead atoms. The van der Waals surface area contributed by atoms with Gasteiger partial charge in [-0.3, -0.25) is 20.2 Å². The van der Waals surface area contributed by atoms with Gasteiger partial charge in [0.25, 0.3) is 5.69 Å². The van der Waals surface area contributed by atoms with Gasteiger partial charge in [0, 0.05) is 6.07 Å². The quantitative estimate of drug-likeness (QED) is 0.628. The maximum Gasteiger partial charge on any atom is 0.420 e. The molecule has 12 heteroatoms. The highest BCUT2D eigenvalue weighted by atomic mass is 19.4. The number of aryl methyl sites for hydroxylation is 1. The van der Waals surface area contributed by atoms with Crippen molar-refractivity contribution in [1.82, 2.24) is 9.94 Å². The summed E-state index contributed by atoms with van der Waals surface area (Å²) < 4.78 is 39.3. The number of alkyl halides is 3. The van der Waals surface area contributed by atoms with Crippen LogP contribution in [0.1, 0.15) is 11.3 Å². The molecular formula is C11H7F3N4O5. The smallest absolute Gasteiger partial charge is 0.350 e. The Morgan fingerprint density at radius 1 is 1.22 bits per heavy atom. The molecule has 1 aromatic carbocycles. The van der Waals surface area contributed by atoms with E-state index in [2.05, 4.69) is 5.10 Å². The van der Waals surface area contributed by atoms with Crippen molar-refractivity contribution < 1.29 is 27.9 Å². The molecule has 0 unspecified atom stereocenters. The summed E-state index contributed by atoms with van der Waals surface area (Å²) in [5.74, 6) is -1.18. The summed E-state index contributed by atoms with van der Waals surface area (Å²) in [6, 6.07) is 1.95. The molecule has 122 valence electrons. The van der Waals surface area contributed by atoms with Crippen LogP contribution in [0.15, 0.2) is 24.4 Å². The van der Waals surface area contributed by atoms with Crippen LogP contribution in [0.4, 0.5) is 24.5 Å².